The van der Waals surface area contributed by atoms with Crippen molar-refractivity contribution in [3.8, 4) is 5.69 Å². The summed E-state index contributed by atoms with van der Waals surface area (Å²) in [5.41, 5.74) is 1.92. The van der Waals surface area contributed by atoms with Crippen molar-refractivity contribution in [3.63, 3.8) is 0 Å². The molecule has 126 valence electrons. The van der Waals surface area contributed by atoms with Gasteiger partial charge in [-0.15, -0.1) is 0 Å². The summed E-state index contributed by atoms with van der Waals surface area (Å²) < 4.78 is 1.78. The number of hydrogen-bond donors (Lipinski definition) is 0. The maximum atomic E-state index is 12.5. The molecule has 2 aromatic rings. The first kappa shape index (κ1) is 16.2. The van der Waals surface area contributed by atoms with Crippen molar-refractivity contribution in [1.29, 1.82) is 0 Å². The van der Waals surface area contributed by atoms with E-state index in [-0.39, 0.29) is 18.4 Å². The van der Waals surface area contributed by atoms with E-state index in [1.807, 2.05) is 43.5 Å². The van der Waals surface area contributed by atoms with Crippen molar-refractivity contribution in [2.24, 2.45) is 0 Å². The van der Waals surface area contributed by atoms with Gasteiger partial charge in [-0.05, 0) is 37.1 Å². The standard InChI is InChI=1S/C18H22N4O2/c1-3-9-20-13-17(23)21(14(2)18(20)24)12-15-6-4-7-16(11-15)22-10-5-8-19-22/h4-8,10-11,14H,3,9,12-13H2,1-2H3/t14-/m0/s1. The Morgan fingerprint density at radius 1 is 1.25 bits per heavy atom. The molecule has 0 unspecified atom stereocenters. The second-order valence-corrected chi connectivity index (χ2v) is 6.08. The first-order valence-corrected chi connectivity index (χ1v) is 8.27. The Labute approximate surface area is 141 Å². The maximum Gasteiger partial charge on any atom is 0.245 e. The van der Waals surface area contributed by atoms with Crippen LogP contribution < -0.4 is 0 Å². The Morgan fingerprint density at radius 3 is 2.79 bits per heavy atom. The summed E-state index contributed by atoms with van der Waals surface area (Å²) in [6.07, 6.45) is 4.46. The van der Waals surface area contributed by atoms with Crippen molar-refractivity contribution in [2.75, 3.05) is 13.1 Å². The van der Waals surface area contributed by atoms with Crippen LogP contribution in [0.2, 0.25) is 0 Å². The molecule has 6 heteroatoms. The minimum absolute atomic E-state index is 0.0000391. The van der Waals surface area contributed by atoms with Crippen LogP contribution in [0, 0.1) is 0 Å². The summed E-state index contributed by atoms with van der Waals surface area (Å²) in [5.74, 6) is 0.0275. The highest BCUT2D eigenvalue weighted by Gasteiger charge is 2.35. The van der Waals surface area contributed by atoms with E-state index < -0.39 is 6.04 Å². The third-order valence-corrected chi connectivity index (χ3v) is 4.31. The fourth-order valence-corrected chi connectivity index (χ4v) is 3.05. The highest BCUT2D eigenvalue weighted by molar-refractivity contribution is 5.94. The fraction of sp³-hybridized carbons (Fsp3) is 0.389. The second-order valence-electron chi connectivity index (χ2n) is 6.08. The van der Waals surface area contributed by atoms with Gasteiger partial charge in [0.1, 0.15) is 6.04 Å². The summed E-state index contributed by atoms with van der Waals surface area (Å²) in [4.78, 5) is 28.2. The van der Waals surface area contributed by atoms with E-state index >= 15 is 0 Å². The normalized spacial score (nSPS) is 18.3. The quantitative estimate of drug-likeness (QED) is 0.842. The maximum absolute atomic E-state index is 12.5. The van der Waals surface area contributed by atoms with Crippen LogP contribution in [-0.4, -0.2) is 50.5 Å². The number of carbonyl (C=O) groups is 2. The second kappa shape index (κ2) is 6.86. The van der Waals surface area contributed by atoms with Crippen LogP contribution in [0.25, 0.3) is 5.69 Å². The van der Waals surface area contributed by atoms with Crippen molar-refractivity contribution < 1.29 is 9.59 Å². The molecule has 6 nitrogen and oxygen atoms in total. The molecule has 1 aromatic heterocycles. The number of nitrogens with zero attached hydrogens (tertiary/aromatic N) is 4. The molecule has 0 radical (unpaired) electrons. The molecule has 0 aliphatic carbocycles. The predicted molar refractivity (Wildman–Crippen MR) is 90.4 cm³/mol. The first-order chi connectivity index (χ1) is 11.6. The number of aromatic nitrogens is 2. The van der Waals surface area contributed by atoms with Gasteiger partial charge < -0.3 is 9.80 Å². The zero-order chi connectivity index (χ0) is 17.1. The van der Waals surface area contributed by atoms with Gasteiger partial charge in [0.2, 0.25) is 11.8 Å². The molecule has 1 aliphatic heterocycles. The summed E-state index contributed by atoms with van der Waals surface area (Å²) in [5, 5.41) is 4.22. The molecule has 1 aromatic carbocycles. The molecular formula is C18H22N4O2. The van der Waals surface area contributed by atoms with Gasteiger partial charge in [0.05, 0.1) is 12.2 Å². The van der Waals surface area contributed by atoms with E-state index in [0.29, 0.717) is 13.1 Å². The lowest BCUT2D eigenvalue weighted by atomic mass is 10.1. The number of hydrogen-bond acceptors (Lipinski definition) is 3. The smallest absolute Gasteiger partial charge is 0.245 e. The topological polar surface area (TPSA) is 58.4 Å². The minimum atomic E-state index is -0.425. The summed E-state index contributed by atoms with van der Waals surface area (Å²) in [6.45, 7) is 5.06. The molecule has 3 rings (SSSR count). The van der Waals surface area contributed by atoms with Crippen molar-refractivity contribution >= 4 is 11.8 Å². The summed E-state index contributed by atoms with van der Waals surface area (Å²) >= 11 is 0. The molecule has 2 amide bonds. The van der Waals surface area contributed by atoms with Gasteiger partial charge in [-0.25, -0.2) is 4.68 Å². The fourth-order valence-electron chi connectivity index (χ4n) is 3.05. The lowest BCUT2D eigenvalue weighted by molar-refractivity contribution is -0.155. The number of rotatable bonds is 5. The van der Waals surface area contributed by atoms with Crippen LogP contribution in [0.4, 0.5) is 0 Å². The summed E-state index contributed by atoms with van der Waals surface area (Å²) in [7, 11) is 0. The van der Waals surface area contributed by atoms with Gasteiger partial charge >= 0.3 is 0 Å². The first-order valence-electron chi connectivity index (χ1n) is 8.27. The van der Waals surface area contributed by atoms with Crippen molar-refractivity contribution in [1.82, 2.24) is 19.6 Å². The number of amides is 2. The predicted octanol–water partition coefficient (Wildman–Crippen LogP) is 1.84. The van der Waals surface area contributed by atoms with E-state index in [1.165, 1.54) is 0 Å². The van der Waals surface area contributed by atoms with Gasteiger partial charge in [-0.2, -0.15) is 5.10 Å². The largest absolute Gasteiger partial charge is 0.332 e. The number of piperazine rings is 1. The van der Waals surface area contributed by atoms with Gasteiger partial charge in [0, 0.05) is 25.5 Å². The van der Waals surface area contributed by atoms with E-state index in [9.17, 15) is 9.59 Å². The third-order valence-electron chi connectivity index (χ3n) is 4.31. The van der Waals surface area contributed by atoms with Crippen LogP contribution in [0.15, 0.2) is 42.7 Å². The van der Waals surface area contributed by atoms with Crippen molar-refractivity contribution in [3.05, 3.63) is 48.3 Å². The molecule has 1 saturated heterocycles. The van der Waals surface area contributed by atoms with Crippen LogP contribution in [-0.2, 0) is 16.1 Å². The van der Waals surface area contributed by atoms with Crippen LogP contribution in [0.3, 0.4) is 0 Å². The molecule has 2 heterocycles. The van der Waals surface area contributed by atoms with E-state index in [4.69, 9.17) is 0 Å². The Bertz CT molecular complexity index is 726. The monoisotopic (exact) mass is 326 g/mol. The molecule has 24 heavy (non-hydrogen) atoms. The molecule has 1 fully saturated rings. The molecule has 1 aliphatic rings. The lowest BCUT2D eigenvalue weighted by Crippen LogP contribution is -2.58. The van der Waals surface area contributed by atoms with Crippen LogP contribution >= 0.6 is 0 Å². The molecule has 0 N–H and O–H groups in total. The van der Waals surface area contributed by atoms with E-state index in [1.54, 1.807) is 27.6 Å². The molecule has 0 bridgehead atoms. The molecule has 1 atom stereocenters. The average molecular weight is 326 g/mol. The van der Waals surface area contributed by atoms with E-state index in [0.717, 1.165) is 17.7 Å². The van der Waals surface area contributed by atoms with Crippen molar-refractivity contribution in [2.45, 2.75) is 32.9 Å². The van der Waals surface area contributed by atoms with Gasteiger partial charge in [-0.1, -0.05) is 19.1 Å². The number of carbonyl (C=O) groups excluding carboxylic acids is 2. The Hall–Kier alpha value is -2.63. The minimum Gasteiger partial charge on any atom is -0.332 e. The molecule has 0 spiro atoms. The Balaban J connectivity index is 1.77. The highest BCUT2D eigenvalue weighted by Crippen LogP contribution is 2.18. The summed E-state index contributed by atoms with van der Waals surface area (Å²) in [6, 6.07) is 9.31. The third kappa shape index (κ3) is 3.18. The van der Waals surface area contributed by atoms with E-state index in [2.05, 4.69) is 5.10 Å². The zero-order valence-corrected chi connectivity index (χ0v) is 14.1. The highest BCUT2D eigenvalue weighted by atomic mass is 16.2. The molecular weight excluding hydrogens is 304 g/mol. The lowest BCUT2D eigenvalue weighted by Gasteiger charge is -2.38. The Morgan fingerprint density at radius 2 is 2.08 bits per heavy atom. The van der Waals surface area contributed by atoms with Gasteiger partial charge in [-0.3, -0.25) is 9.59 Å². The van der Waals surface area contributed by atoms with Crippen LogP contribution in [0.1, 0.15) is 25.8 Å². The molecule has 0 saturated carbocycles. The zero-order valence-electron chi connectivity index (χ0n) is 14.1. The average Bonchev–Trinajstić information content (AvgIpc) is 3.11. The van der Waals surface area contributed by atoms with Crippen LogP contribution in [0.5, 0.6) is 0 Å². The number of benzene rings is 1. The Kier molecular flexibility index (Phi) is 4.64. The van der Waals surface area contributed by atoms with Gasteiger partial charge in [0.25, 0.3) is 0 Å². The SMILES string of the molecule is CCCN1CC(=O)N(Cc2cccc(-n3cccn3)c2)[C@@H](C)C1=O. The van der Waals surface area contributed by atoms with Gasteiger partial charge in [0.15, 0.2) is 0 Å².